The minimum absolute atomic E-state index is 0.266. The van der Waals surface area contributed by atoms with Crippen LogP contribution >= 0.6 is 0 Å². The predicted molar refractivity (Wildman–Crippen MR) is 138 cm³/mol. The third-order valence-corrected chi connectivity index (χ3v) is 6.25. The van der Waals surface area contributed by atoms with E-state index in [4.69, 9.17) is 22.9 Å². The molecule has 188 valence electrons. The van der Waals surface area contributed by atoms with Crippen LogP contribution in [0.25, 0.3) is 0 Å². The highest BCUT2D eigenvalue weighted by Crippen LogP contribution is 2.09. The monoisotopic (exact) mass is 442 g/mol. The molecule has 1 unspecified atom stereocenters. The average molecular weight is 443 g/mol. The molecule has 10 N–H and O–H groups in total. The van der Waals surface area contributed by atoms with Crippen LogP contribution < -0.4 is 33.6 Å². The van der Waals surface area contributed by atoms with E-state index in [9.17, 15) is 0 Å². The van der Waals surface area contributed by atoms with Gasteiger partial charge in [0.15, 0.2) is 0 Å². The molecule has 0 aliphatic heterocycles. The van der Waals surface area contributed by atoms with Gasteiger partial charge >= 0.3 is 0 Å². The standard InChI is InChI=1S/C25H58N6/c26-18-13-9-5-1-2-6-10-14-20-30-21-15-11-7-3-4-8-12-16-22-31-23-24(17-19-27)25(28)29/h24-25,30-31H,1-23,26-29H2. The first-order valence-corrected chi connectivity index (χ1v) is 13.5. The van der Waals surface area contributed by atoms with Crippen LogP contribution in [0.5, 0.6) is 0 Å². The van der Waals surface area contributed by atoms with Gasteiger partial charge in [0, 0.05) is 12.5 Å². The molecule has 0 fully saturated rings. The number of hydrogen-bond donors (Lipinski definition) is 6. The second kappa shape index (κ2) is 26.0. The molecule has 1 atom stereocenters. The Morgan fingerprint density at radius 2 is 0.839 bits per heavy atom. The number of unbranched alkanes of at least 4 members (excludes halogenated alkanes) is 14. The predicted octanol–water partition coefficient (Wildman–Crippen LogP) is 3.57. The van der Waals surface area contributed by atoms with Crippen molar-refractivity contribution >= 4 is 0 Å². The van der Waals surface area contributed by atoms with Crippen LogP contribution in [0.1, 0.15) is 109 Å². The van der Waals surface area contributed by atoms with Gasteiger partial charge in [-0.2, -0.15) is 0 Å². The van der Waals surface area contributed by atoms with Gasteiger partial charge in [-0.1, -0.05) is 77.0 Å². The van der Waals surface area contributed by atoms with E-state index < -0.39 is 0 Å². The first-order valence-electron chi connectivity index (χ1n) is 13.5. The SMILES string of the molecule is NCCCCCCCCCCNCCCCCCCCCCNCC(CCN)C(N)N. The van der Waals surface area contributed by atoms with Crippen molar-refractivity contribution in [1.82, 2.24) is 10.6 Å². The normalized spacial score (nSPS) is 12.7. The Kier molecular flexibility index (Phi) is 25.8. The number of nitrogens with one attached hydrogen (secondary N) is 2. The zero-order valence-corrected chi connectivity index (χ0v) is 20.7. The van der Waals surface area contributed by atoms with E-state index in [0.717, 1.165) is 26.1 Å². The molecule has 0 rings (SSSR count). The Labute approximate surface area is 194 Å². The number of nitrogens with two attached hydrogens (primary N) is 4. The Morgan fingerprint density at radius 1 is 0.452 bits per heavy atom. The Morgan fingerprint density at radius 3 is 1.23 bits per heavy atom. The van der Waals surface area contributed by atoms with Gasteiger partial charge in [0.1, 0.15) is 0 Å². The van der Waals surface area contributed by atoms with Crippen molar-refractivity contribution in [2.75, 3.05) is 39.3 Å². The van der Waals surface area contributed by atoms with Crippen LogP contribution in [0.4, 0.5) is 0 Å². The molecule has 0 spiro atoms. The third-order valence-electron chi connectivity index (χ3n) is 6.25. The van der Waals surface area contributed by atoms with E-state index in [1.807, 2.05) is 0 Å². The van der Waals surface area contributed by atoms with E-state index >= 15 is 0 Å². The maximum Gasteiger partial charge on any atom is 0.0562 e. The van der Waals surface area contributed by atoms with Crippen LogP contribution in [-0.2, 0) is 0 Å². The maximum absolute atomic E-state index is 5.79. The lowest BCUT2D eigenvalue weighted by Gasteiger charge is -2.20. The molecule has 0 aliphatic carbocycles. The lowest BCUT2D eigenvalue weighted by molar-refractivity contribution is 0.379. The van der Waals surface area contributed by atoms with Gasteiger partial charge in [0.05, 0.1) is 6.17 Å². The molecule has 6 heteroatoms. The van der Waals surface area contributed by atoms with E-state index in [1.165, 1.54) is 116 Å². The van der Waals surface area contributed by atoms with E-state index in [1.54, 1.807) is 0 Å². The van der Waals surface area contributed by atoms with E-state index in [0.29, 0.717) is 12.5 Å². The first kappa shape index (κ1) is 30.8. The summed E-state index contributed by atoms with van der Waals surface area (Å²) in [6.07, 6.45) is 22.2. The second-order valence-electron chi connectivity index (χ2n) is 9.31. The Hall–Kier alpha value is -0.240. The van der Waals surface area contributed by atoms with Crippen molar-refractivity contribution < 1.29 is 0 Å². The van der Waals surface area contributed by atoms with Gasteiger partial charge < -0.3 is 33.6 Å². The molecule has 0 saturated heterocycles. The summed E-state index contributed by atoms with van der Waals surface area (Å²) in [5, 5.41) is 7.10. The highest BCUT2D eigenvalue weighted by atomic mass is 14.9. The first-order chi connectivity index (χ1) is 15.2. The summed E-state index contributed by atoms with van der Waals surface area (Å²) in [4.78, 5) is 0. The molecule has 0 aromatic rings. The quantitative estimate of drug-likeness (QED) is 0.0897. The van der Waals surface area contributed by atoms with Crippen LogP contribution in [0.3, 0.4) is 0 Å². The van der Waals surface area contributed by atoms with Crippen molar-refractivity contribution in [3.05, 3.63) is 0 Å². The molecule has 0 aromatic carbocycles. The summed E-state index contributed by atoms with van der Waals surface area (Å²) < 4.78 is 0. The van der Waals surface area contributed by atoms with Gasteiger partial charge in [0.25, 0.3) is 0 Å². The fourth-order valence-electron chi connectivity index (χ4n) is 4.07. The molecule has 0 radical (unpaired) electrons. The van der Waals surface area contributed by atoms with Crippen molar-refractivity contribution in [2.24, 2.45) is 28.9 Å². The van der Waals surface area contributed by atoms with Gasteiger partial charge in [0.2, 0.25) is 0 Å². The van der Waals surface area contributed by atoms with Crippen LogP contribution in [-0.4, -0.2) is 45.4 Å². The summed E-state index contributed by atoms with van der Waals surface area (Å²) in [5.41, 5.74) is 22.7. The molecule has 0 saturated carbocycles. The second-order valence-corrected chi connectivity index (χ2v) is 9.31. The zero-order chi connectivity index (χ0) is 22.8. The van der Waals surface area contributed by atoms with Crippen molar-refractivity contribution in [3.8, 4) is 0 Å². The van der Waals surface area contributed by atoms with Gasteiger partial charge in [-0.3, -0.25) is 0 Å². The number of hydrogen-bond acceptors (Lipinski definition) is 6. The number of rotatable bonds is 26. The minimum atomic E-state index is -0.266. The summed E-state index contributed by atoms with van der Waals surface area (Å²) in [7, 11) is 0. The van der Waals surface area contributed by atoms with Gasteiger partial charge in [-0.05, 0) is 64.8 Å². The minimum Gasteiger partial charge on any atom is -0.330 e. The molecule has 6 nitrogen and oxygen atoms in total. The van der Waals surface area contributed by atoms with Gasteiger partial charge in [-0.25, -0.2) is 0 Å². The van der Waals surface area contributed by atoms with Gasteiger partial charge in [-0.15, -0.1) is 0 Å². The van der Waals surface area contributed by atoms with Crippen LogP contribution in [0.2, 0.25) is 0 Å². The lowest BCUT2D eigenvalue weighted by atomic mass is 10.0. The van der Waals surface area contributed by atoms with E-state index in [-0.39, 0.29) is 6.17 Å². The summed E-state index contributed by atoms with van der Waals surface area (Å²) in [5.74, 6) is 0.293. The fraction of sp³-hybridized carbons (Fsp3) is 1.00. The summed E-state index contributed by atoms with van der Waals surface area (Å²) >= 11 is 0. The highest BCUT2D eigenvalue weighted by molar-refractivity contribution is 4.70. The highest BCUT2D eigenvalue weighted by Gasteiger charge is 2.12. The van der Waals surface area contributed by atoms with Crippen molar-refractivity contribution in [3.63, 3.8) is 0 Å². The fourth-order valence-corrected chi connectivity index (χ4v) is 4.07. The molecule has 0 heterocycles. The molecular formula is C25H58N6. The summed E-state index contributed by atoms with van der Waals surface area (Å²) in [6, 6.07) is 0. The maximum atomic E-state index is 5.79. The third kappa shape index (κ3) is 24.2. The van der Waals surface area contributed by atoms with Crippen molar-refractivity contribution in [2.45, 2.75) is 115 Å². The molecule has 0 aliphatic rings. The van der Waals surface area contributed by atoms with Crippen LogP contribution in [0, 0.1) is 5.92 Å². The molecule has 0 bridgehead atoms. The van der Waals surface area contributed by atoms with Crippen LogP contribution in [0.15, 0.2) is 0 Å². The van der Waals surface area contributed by atoms with E-state index in [2.05, 4.69) is 10.6 Å². The zero-order valence-electron chi connectivity index (χ0n) is 20.7. The summed E-state index contributed by atoms with van der Waals surface area (Å²) in [6.45, 7) is 5.86. The topological polar surface area (TPSA) is 128 Å². The lowest BCUT2D eigenvalue weighted by Crippen LogP contribution is -2.44. The average Bonchev–Trinajstić information content (AvgIpc) is 2.76. The Balaban J connectivity index is 3.12. The molecular weight excluding hydrogens is 384 g/mol. The Bertz CT molecular complexity index is 327. The largest absolute Gasteiger partial charge is 0.330 e. The molecule has 0 amide bonds. The smallest absolute Gasteiger partial charge is 0.0562 e. The molecule has 31 heavy (non-hydrogen) atoms. The molecule has 0 aromatic heterocycles. The van der Waals surface area contributed by atoms with Crippen molar-refractivity contribution in [1.29, 1.82) is 0 Å².